The molecule has 1 aliphatic heterocycles. The molecule has 2 rings (SSSR count). The molecule has 3 nitrogen and oxygen atoms in total. The van der Waals surface area contributed by atoms with Crippen LogP contribution in [0.25, 0.3) is 0 Å². The van der Waals surface area contributed by atoms with Gasteiger partial charge >= 0.3 is 0 Å². The molecule has 1 aromatic heterocycles. The van der Waals surface area contributed by atoms with E-state index in [1.807, 2.05) is 4.90 Å². The summed E-state index contributed by atoms with van der Waals surface area (Å²) in [5.74, 6) is 0.687. The lowest BCUT2D eigenvalue weighted by Gasteiger charge is -2.27. The number of nitrogens with zero attached hydrogens (tertiary/aromatic N) is 2. The second-order valence-corrected chi connectivity index (χ2v) is 4.69. The zero-order chi connectivity index (χ0) is 11.5. The summed E-state index contributed by atoms with van der Waals surface area (Å²) in [6, 6.07) is 3.98. The maximum atomic E-state index is 12.3. The molecule has 3 heteroatoms. The van der Waals surface area contributed by atoms with Crippen LogP contribution in [0.4, 0.5) is 0 Å². The van der Waals surface area contributed by atoms with Crippen LogP contribution in [-0.4, -0.2) is 28.4 Å². The molecule has 16 heavy (non-hydrogen) atoms. The van der Waals surface area contributed by atoms with Gasteiger partial charge in [-0.25, -0.2) is 0 Å². The van der Waals surface area contributed by atoms with Crippen molar-refractivity contribution >= 4 is 5.91 Å². The number of amides is 1. The summed E-state index contributed by atoms with van der Waals surface area (Å²) in [6.07, 6.45) is 5.61. The summed E-state index contributed by atoms with van der Waals surface area (Å²) < 4.78 is 0. The molecule has 0 saturated carbocycles. The van der Waals surface area contributed by atoms with Crippen molar-refractivity contribution in [2.24, 2.45) is 5.92 Å². The highest BCUT2D eigenvalue weighted by Crippen LogP contribution is 2.25. The predicted octanol–water partition coefficient (Wildman–Crippen LogP) is 2.34. The number of aromatic nitrogens is 1. The SMILES string of the molecule is CC(C)C1CCCN1C(=O)c1ccncc1. The van der Waals surface area contributed by atoms with Crippen molar-refractivity contribution in [2.75, 3.05) is 6.54 Å². The van der Waals surface area contributed by atoms with Gasteiger partial charge in [0.2, 0.25) is 0 Å². The molecule has 1 amide bonds. The van der Waals surface area contributed by atoms with E-state index in [1.165, 1.54) is 0 Å². The first kappa shape index (κ1) is 11.1. The van der Waals surface area contributed by atoms with Gasteiger partial charge in [0.25, 0.3) is 5.91 Å². The first-order valence-corrected chi connectivity index (χ1v) is 5.91. The molecule has 1 fully saturated rings. The Morgan fingerprint density at radius 3 is 2.75 bits per heavy atom. The number of pyridine rings is 1. The molecule has 0 aliphatic carbocycles. The molecule has 1 unspecified atom stereocenters. The van der Waals surface area contributed by atoms with Crippen molar-refractivity contribution in [3.8, 4) is 0 Å². The Morgan fingerprint density at radius 2 is 2.12 bits per heavy atom. The van der Waals surface area contributed by atoms with E-state index in [0.717, 1.165) is 24.9 Å². The highest BCUT2D eigenvalue weighted by Gasteiger charge is 2.31. The fourth-order valence-corrected chi connectivity index (χ4v) is 2.40. The molecule has 1 saturated heterocycles. The Bertz CT molecular complexity index is 361. The molecule has 0 bridgehead atoms. The third kappa shape index (κ3) is 2.08. The van der Waals surface area contributed by atoms with Gasteiger partial charge in [0.05, 0.1) is 0 Å². The third-order valence-electron chi connectivity index (χ3n) is 3.26. The van der Waals surface area contributed by atoms with Crippen LogP contribution >= 0.6 is 0 Å². The number of carbonyl (C=O) groups is 1. The summed E-state index contributed by atoms with van der Waals surface area (Å²) in [5, 5.41) is 0. The molecule has 1 atom stereocenters. The normalized spacial score (nSPS) is 20.4. The van der Waals surface area contributed by atoms with Crippen molar-refractivity contribution in [3.05, 3.63) is 30.1 Å². The average molecular weight is 218 g/mol. The smallest absolute Gasteiger partial charge is 0.254 e. The highest BCUT2D eigenvalue weighted by atomic mass is 16.2. The molecule has 0 aromatic carbocycles. The fraction of sp³-hybridized carbons (Fsp3) is 0.538. The van der Waals surface area contributed by atoms with E-state index < -0.39 is 0 Å². The number of likely N-dealkylation sites (tertiary alicyclic amines) is 1. The van der Waals surface area contributed by atoms with Crippen LogP contribution in [0.2, 0.25) is 0 Å². The molecular weight excluding hydrogens is 200 g/mol. The molecule has 1 aromatic rings. The molecule has 0 radical (unpaired) electrons. The number of rotatable bonds is 2. The van der Waals surface area contributed by atoms with Crippen LogP contribution in [0.3, 0.4) is 0 Å². The minimum absolute atomic E-state index is 0.151. The minimum Gasteiger partial charge on any atom is -0.335 e. The van der Waals surface area contributed by atoms with Gasteiger partial charge in [0, 0.05) is 30.5 Å². The van der Waals surface area contributed by atoms with Crippen molar-refractivity contribution in [3.63, 3.8) is 0 Å². The van der Waals surface area contributed by atoms with Crippen molar-refractivity contribution in [1.82, 2.24) is 9.88 Å². The summed E-state index contributed by atoms with van der Waals surface area (Å²) in [5.41, 5.74) is 0.752. The van der Waals surface area contributed by atoms with Crippen LogP contribution in [0.15, 0.2) is 24.5 Å². The van der Waals surface area contributed by atoms with Gasteiger partial charge in [-0.3, -0.25) is 9.78 Å². The van der Waals surface area contributed by atoms with E-state index in [4.69, 9.17) is 0 Å². The van der Waals surface area contributed by atoms with E-state index in [9.17, 15) is 4.79 Å². The maximum absolute atomic E-state index is 12.3. The molecule has 86 valence electrons. The Kier molecular flexibility index (Phi) is 3.22. The predicted molar refractivity (Wildman–Crippen MR) is 63.1 cm³/mol. The van der Waals surface area contributed by atoms with Crippen LogP contribution in [0.5, 0.6) is 0 Å². The Balaban J connectivity index is 2.16. The fourth-order valence-electron chi connectivity index (χ4n) is 2.40. The quantitative estimate of drug-likeness (QED) is 0.763. The molecule has 0 spiro atoms. The first-order valence-electron chi connectivity index (χ1n) is 5.91. The summed E-state index contributed by atoms with van der Waals surface area (Å²) >= 11 is 0. The van der Waals surface area contributed by atoms with E-state index in [1.54, 1.807) is 24.5 Å². The van der Waals surface area contributed by atoms with Gasteiger partial charge in [-0.1, -0.05) is 13.8 Å². The van der Waals surface area contributed by atoms with E-state index in [-0.39, 0.29) is 5.91 Å². The molecular formula is C13H18N2O. The van der Waals surface area contributed by atoms with Crippen LogP contribution in [0.1, 0.15) is 37.0 Å². The van der Waals surface area contributed by atoms with Crippen molar-refractivity contribution in [2.45, 2.75) is 32.7 Å². The average Bonchev–Trinajstić information content (AvgIpc) is 2.78. The number of hydrogen-bond acceptors (Lipinski definition) is 2. The first-order chi connectivity index (χ1) is 7.70. The van der Waals surface area contributed by atoms with E-state index in [0.29, 0.717) is 12.0 Å². The Morgan fingerprint density at radius 1 is 1.44 bits per heavy atom. The zero-order valence-corrected chi connectivity index (χ0v) is 9.89. The Hall–Kier alpha value is -1.38. The number of carbonyl (C=O) groups excluding carboxylic acids is 1. The summed E-state index contributed by atoms with van der Waals surface area (Å²) in [4.78, 5) is 18.2. The van der Waals surface area contributed by atoms with Gasteiger partial charge in [0.1, 0.15) is 0 Å². The lowest BCUT2D eigenvalue weighted by atomic mass is 10.0. The van der Waals surface area contributed by atoms with Gasteiger partial charge < -0.3 is 4.90 Å². The van der Waals surface area contributed by atoms with Gasteiger partial charge in [-0.05, 0) is 30.9 Å². The second-order valence-electron chi connectivity index (χ2n) is 4.69. The molecule has 2 heterocycles. The topological polar surface area (TPSA) is 33.2 Å². The minimum atomic E-state index is 0.151. The monoisotopic (exact) mass is 218 g/mol. The summed E-state index contributed by atoms with van der Waals surface area (Å²) in [7, 11) is 0. The van der Waals surface area contributed by atoms with Gasteiger partial charge in [-0.2, -0.15) is 0 Å². The highest BCUT2D eigenvalue weighted by molar-refractivity contribution is 5.94. The lowest BCUT2D eigenvalue weighted by molar-refractivity contribution is 0.0701. The largest absolute Gasteiger partial charge is 0.335 e. The Labute approximate surface area is 96.5 Å². The number of hydrogen-bond donors (Lipinski definition) is 0. The van der Waals surface area contributed by atoms with Crippen LogP contribution in [0, 0.1) is 5.92 Å². The van der Waals surface area contributed by atoms with E-state index in [2.05, 4.69) is 18.8 Å². The van der Waals surface area contributed by atoms with Crippen LogP contribution in [-0.2, 0) is 0 Å². The van der Waals surface area contributed by atoms with Crippen LogP contribution < -0.4 is 0 Å². The second kappa shape index (κ2) is 4.64. The van der Waals surface area contributed by atoms with Crippen molar-refractivity contribution < 1.29 is 4.79 Å². The molecule has 1 aliphatic rings. The molecule has 0 N–H and O–H groups in total. The standard InChI is InChI=1S/C13H18N2O/c1-10(2)12-4-3-9-15(12)13(16)11-5-7-14-8-6-11/h5-8,10,12H,3-4,9H2,1-2H3. The van der Waals surface area contributed by atoms with E-state index >= 15 is 0 Å². The van der Waals surface area contributed by atoms with Gasteiger partial charge in [-0.15, -0.1) is 0 Å². The van der Waals surface area contributed by atoms with Crippen molar-refractivity contribution in [1.29, 1.82) is 0 Å². The summed E-state index contributed by atoms with van der Waals surface area (Å²) in [6.45, 7) is 5.26. The van der Waals surface area contributed by atoms with Gasteiger partial charge in [0.15, 0.2) is 0 Å². The zero-order valence-electron chi connectivity index (χ0n) is 9.89. The lowest BCUT2D eigenvalue weighted by Crippen LogP contribution is -2.38. The third-order valence-corrected chi connectivity index (χ3v) is 3.26. The maximum Gasteiger partial charge on any atom is 0.254 e.